The molecule has 1 N–H and O–H groups in total. The Balaban J connectivity index is 2.51. The van der Waals surface area contributed by atoms with E-state index in [4.69, 9.17) is 18.9 Å². The van der Waals surface area contributed by atoms with Gasteiger partial charge in [-0.1, -0.05) is 0 Å². The molecule has 1 unspecified atom stereocenters. The van der Waals surface area contributed by atoms with Gasteiger partial charge in [-0.25, -0.2) is 0 Å². The van der Waals surface area contributed by atoms with Gasteiger partial charge in [-0.05, 0) is 19.3 Å². The molecule has 1 aromatic carbocycles. The number of phenols is 1. The Morgan fingerprint density at radius 1 is 1.11 bits per heavy atom. The molecule has 0 radical (unpaired) electrons. The van der Waals surface area contributed by atoms with Crippen LogP contribution in [0.25, 0.3) is 0 Å². The zero-order chi connectivity index (χ0) is 13.8. The number of benzene rings is 1. The predicted octanol–water partition coefficient (Wildman–Crippen LogP) is 2.66. The summed E-state index contributed by atoms with van der Waals surface area (Å²) >= 11 is 0. The van der Waals surface area contributed by atoms with Gasteiger partial charge in [-0.3, -0.25) is 0 Å². The minimum Gasteiger partial charge on any atom is -0.507 e. The molecule has 1 aromatic rings. The van der Waals surface area contributed by atoms with Crippen LogP contribution in [0.5, 0.6) is 23.0 Å². The third-order valence-electron chi connectivity index (χ3n) is 3.35. The lowest BCUT2D eigenvalue weighted by atomic mass is 9.98. The van der Waals surface area contributed by atoms with E-state index in [-0.39, 0.29) is 11.9 Å². The molecule has 0 saturated carbocycles. The molecule has 0 amide bonds. The van der Waals surface area contributed by atoms with Gasteiger partial charge in [-0.2, -0.15) is 0 Å². The van der Waals surface area contributed by atoms with Crippen molar-refractivity contribution in [3.8, 4) is 23.0 Å². The first-order valence-electron chi connectivity index (χ1n) is 6.36. The number of hydrogen-bond acceptors (Lipinski definition) is 5. The highest BCUT2D eigenvalue weighted by atomic mass is 16.5. The van der Waals surface area contributed by atoms with E-state index >= 15 is 0 Å². The smallest absolute Gasteiger partial charge is 0.203 e. The lowest BCUT2D eigenvalue weighted by Gasteiger charge is -2.26. The van der Waals surface area contributed by atoms with E-state index in [1.807, 2.05) is 0 Å². The largest absolute Gasteiger partial charge is 0.507 e. The molecule has 1 saturated heterocycles. The van der Waals surface area contributed by atoms with Gasteiger partial charge in [0.2, 0.25) is 5.75 Å². The third kappa shape index (κ3) is 2.56. The molecule has 0 aliphatic carbocycles. The van der Waals surface area contributed by atoms with Crippen LogP contribution in [-0.4, -0.2) is 33.0 Å². The number of ether oxygens (including phenoxy) is 4. The Kier molecular flexibility index (Phi) is 4.37. The Morgan fingerprint density at radius 2 is 1.84 bits per heavy atom. The van der Waals surface area contributed by atoms with E-state index in [0.29, 0.717) is 29.4 Å². The van der Waals surface area contributed by atoms with Gasteiger partial charge < -0.3 is 24.1 Å². The second kappa shape index (κ2) is 6.02. The molecule has 1 aliphatic rings. The van der Waals surface area contributed by atoms with Gasteiger partial charge >= 0.3 is 0 Å². The summed E-state index contributed by atoms with van der Waals surface area (Å²) in [6.45, 7) is 0.696. The van der Waals surface area contributed by atoms with Crippen molar-refractivity contribution in [2.45, 2.75) is 25.4 Å². The Labute approximate surface area is 113 Å². The van der Waals surface area contributed by atoms with Gasteiger partial charge in [0.15, 0.2) is 11.5 Å². The normalized spacial score (nSPS) is 19.0. The highest BCUT2D eigenvalue weighted by Gasteiger charge is 2.28. The van der Waals surface area contributed by atoms with Crippen LogP contribution in [0.4, 0.5) is 0 Å². The van der Waals surface area contributed by atoms with E-state index in [1.165, 1.54) is 13.2 Å². The van der Waals surface area contributed by atoms with Crippen LogP contribution in [0.1, 0.15) is 30.9 Å². The summed E-state index contributed by atoms with van der Waals surface area (Å²) in [5, 5.41) is 10.2. The fraction of sp³-hybridized carbons (Fsp3) is 0.571. The van der Waals surface area contributed by atoms with Crippen LogP contribution in [0.3, 0.4) is 0 Å². The van der Waals surface area contributed by atoms with Crippen molar-refractivity contribution < 1.29 is 24.1 Å². The van der Waals surface area contributed by atoms with Crippen LogP contribution in [0.15, 0.2) is 6.07 Å². The van der Waals surface area contributed by atoms with Crippen LogP contribution in [0, 0.1) is 0 Å². The quantitative estimate of drug-likeness (QED) is 0.909. The Morgan fingerprint density at radius 3 is 2.37 bits per heavy atom. The predicted molar refractivity (Wildman–Crippen MR) is 70.3 cm³/mol. The molecule has 0 aromatic heterocycles. The second-order valence-corrected chi connectivity index (χ2v) is 4.43. The summed E-state index contributed by atoms with van der Waals surface area (Å²) in [7, 11) is 4.61. The summed E-state index contributed by atoms with van der Waals surface area (Å²) in [5.41, 5.74) is 0.639. The molecule has 1 heterocycles. The van der Waals surface area contributed by atoms with E-state index in [1.54, 1.807) is 14.2 Å². The van der Waals surface area contributed by atoms with Crippen molar-refractivity contribution in [3.63, 3.8) is 0 Å². The zero-order valence-corrected chi connectivity index (χ0v) is 11.6. The molecular weight excluding hydrogens is 248 g/mol. The maximum absolute atomic E-state index is 10.2. The minimum atomic E-state index is -0.163. The number of aromatic hydroxyl groups is 1. The number of methoxy groups -OCH3 is 3. The molecule has 2 rings (SSSR count). The number of rotatable bonds is 4. The molecule has 0 spiro atoms. The molecule has 1 fully saturated rings. The van der Waals surface area contributed by atoms with Crippen molar-refractivity contribution in [3.05, 3.63) is 11.6 Å². The van der Waals surface area contributed by atoms with Gasteiger partial charge in [0.1, 0.15) is 5.75 Å². The fourth-order valence-electron chi connectivity index (χ4n) is 2.45. The maximum Gasteiger partial charge on any atom is 0.203 e. The first kappa shape index (κ1) is 13.8. The summed E-state index contributed by atoms with van der Waals surface area (Å²) in [6, 6.07) is 1.54. The molecule has 106 valence electrons. The standard InChI is InChI=1S/C14H20O5/c1-16-11-8-9(15)12(10-6-4-5-7-19-10)14(18-3)13(11)17-2/h8,10,15H,4-7H2,1-3H3. The summed E-state index contributed by atoms with van der Waals surface area (Å²) in [6.07, 6.45) is 2.82. The maximum atomic E-state index is 10.2. The lowest BCUT2D eigenvalue weighted by Crippen LogP contribution is -2.13. The summed E-state index contributed by atoms with van der Waals surface area (Å²) in [5.74, 6) is 1.51. The van der Waals surface area contributed by atoms with E-state index in [0.717, 1.165) is 19.3 Å². The highest BCUT2D eigenvalue weighted by Crippen LogP contribution is 2.49. The topological polar surface area (TPSA) is 57.2 Å². The van der Waals surface area contributed by atoms with Crippen LogP contribution in [0.2, 0.25) is 0 Å². The second-order valence-electron chi connectivity index (χ2n) is 4.43. The molecule has 1 atom stereocenters. The number of phenolic OH excluding ortho intramolecular Hbond substituents is 1. The summed E-state index contributed by atoms with van der Waals surface area (Å²) < 4.78 is 21.6. The molecule has 5 heteroatoms. The molecule has 0 bridgehead atoms. The fourth-order valence-corrected chi connectivity index (χ4v) is 2.45. The van der Waals surface area contributed by atoms with Gasteiger partial charge in [-0.15, -0.1) is 0 Å². The average molecular weight is 268 g/mol. The monoisotopic (exact) mass is 268 g/mol. The zero-order valence-electron chi connectivity index (χ0n) is 11.6. The van der Waals surface area contributed by atoms with Gasteiger partial charge in [0.05, 0.1) is 33.0 Å². The van der Waals surface area contributed by atoms with Crippen LogP contribution in [-0.2, 0) is 4.74 Å². The van der Waals surface area contributed by atoms with Crippen molar-refractivity contribution in [2.75, 3.05) is 27.9 Å². The highest BCUT2D eigenvalue weighted by molar-refractivity contribution is 5.62. The van der Waals surface area contributed by atoms with E-state index < -0.39 is 0 Å². The lowest BCUT2D eigenvalue weighted by molar-refractivity contribution is 0.0120. The molecule has 19 heavy (non-hydrogen) atoms. The van der Waals surface area contributed by atoms with E-state index in [9.17, 15) is 5.11 Å². The first-order valence-corrected chi connectivity index (χ1v) is 6.36. The van der Waals surface area contributed by atoms with Crippen molar-refractivity contribution in [1.29, 1.82) is 0 Å². The first-order chi connectivity index (χ1) is 9.22. The SMILES string of the molecule is COc1cc(O)c(C2CCCCO2)c(OC)c1OC. The van der Waals surface area contributed by atoms with Crippen molar-refractivity contribution >= 4 is 0 Å². The van der Waals surface area contributed by atoms with Crippen LogP contribution >= 0.6 is 0 Å². The Bertz CT molecular complexity index is 438. The van der Waals surface area contributed by atoms with Gasteiger partial charge in [0.25, 0.3) is 0 Å². The molecular formula is C14H20O5. The number of hydrogen-bond donors (Lipinski definition) is 1. The summed E-state index contributed by atoms with van der Waals surface area (Å²) in [4.78, 5) is 0. The minimum absolute atomic E-state index is 0.112. The average Bonchev–Trinajstić information content (AvgIpc) is 2.46. The van der Waals surface area contributed by atoms with E-state index in [2.05, 4.69) is 0 Å². The van der Waals surface area contributed by atoms with Crippen LogP contribution < -0.4 is 14.2 Å². The molecule has 5 nitrogen and oxygen atoms in total. The van der Waals surface area contributed by atoms with Gasteiger partial charge in [0, 0.05) is 12.7 Å². The third-order valence-corrected chi connectivity index (χ3v) is 3.35. The molecule has 1 aliphatic heterocycles. The van der Waals surface area contributed by atoms with Crippen molar-refractivity contribution in [2.24, 2.45) is 0 Å². The Hall–Kier alpha value is -1.62. The van der Waals surface area contributed by atoms with Crippen molar-refractivity contribution in [1.82, 2.24) is 0 Å².